The summed E-state index contributed by atoms with van der Waals surface area (Å²) in [6, 6.07) is 52.6. The molecule has 5 amide bonds. The normalized spacial score (nSPS) is 15.4. The van der Waals surface area contributed by atoms with Crippen LogP contribution in [-0.4, -0.2) is 78.3 Å². The number of benzene rings is 7. The molecule has 0 aromatic heterocycles. The van der Waals surface area contributed by atoms with Crippen LogP contribution in [0.15, 0.2) is 188 Å². The highest BCUT2D eigenvalue weighted by Crippen LogP contribution is 2.33. The molecule has 0 aliphatic carbocycles. The molecule has 7 aromatic rings. The number of rotatable bonds is 21. The van der Waals surface area contributed by atoms with Gasteiger partial charge in [-0.25, -0.2) is 9.59 Å². The summed E-state index contributed by atoms with van der Waals surface area (Å²) in [7, 11) is 0. The maximum absolute atomic E-state index is 14.9. The molecule has 17 nitrogen and oxygen atoms in total. The first kappa shape index (κ1) is 56.7. The summed E-state index contributed by atoms with van der Waals surface area (Å²) >= 11 is 0. The second-order valence-electron chi connectivity index (χ2n) is 19.0. The topological polar surface area (TPSA) is 229 Å². The molecule has 17 heteroatoms. The quantitative estimate of drug-likeness (QED) is 0.0299. The van der Waals surface area contributed by atoms with Gasteiger partial charge in [0, 0.05) is 32.4 Å². The molecule has 1 heterocycles. The molecule has 4 atom stereocenters. The van der Waals surface area contributed by atoms with Crippen LogP contribution in [0.1, 0.15) is 51.8 Å². The lowest BCUT2D eigenvalue weighted by Gasteiger charge is -2.27. The Balaban J connectivity index is 1.14. The fourth-order valence-corrected chi connectivity index (χ4v) is 8.68. The minimum absolute atomic E-state index is 0.0356. The van der Waals surface area contributed by atoms with E-state index in [9.17, 15) is 33.9 Å². The number of hydrogen-bond acceptors (Lipinski definition) is 12. The van der Waals surface area contributed by atoms with Crippen LogP contribution in [0, 0.1) is 0 Å². The molecule has 7 aromatic carbocycles. The van der Waals surface area contributed by atoms with Crippen LogP contribution in [0.2, 0.25) is 0 Å². The van der Waals surface area contributed by atoms with Crippen molar-refractivity contribution >= 4 is 35.9 Å². The Kier molecular flexibility index (Phi) is 20.8. The highest BCUT2D eigenvalue weighted by atomic mass is 16.6. The van der Waals surface area contributed by atoms with E-state index in [4.69, 9.17) is 23.7 Å². The highest BCUT2D eigenvalue weighted by Gasteiger charge is 2.33. The first-order chi connectivity index (χ1) is 39.0. The van der Waals surface area contributed by atoms with Crippen LogP contribution in [-0.2, 0) is 79.3 Å². The van der Waals surface area contributed by atoms with Crippen LogP contribution in [0.4, 0.5) is 9.59 Å². The fourth-order valence-electron chi connectivity index (χ4n) is 8.68. The van der Waals surface area contributed by atoms with Gasteiger partial charge in [-0.3, -0.25) is 19.2 Å². The van der Waals surface area contributed by atoms with E-state index in [1.807, 2.05) is 127 Å². The minimum Gasteiger partial charge on any atom is -0.489 e. The second-order valence-corrected chi connectivity index (χ2v) is 19.0. The Hall–Kier alpha value is -9.48. The van der Waals surface area contributed by atoms with Crippen molar-refractivity contribution in [2.45, 2.75) is 82.9 Å². The summed E-state index contributed by atoms with van der Waals surface area (Å²) in [5.74, 6) is -2.20. The number of aliphatic hydroxyl groups excluding tert-OH is 1. The molecule has 1 aliphatic heterocycles. The predicted molar refractivity (Wildman–Crippen MR) is 297 cm³/mol. The van der Waals surface area contributed by atoms with E-state index in [-0.39, 0.29) is 58.8 Å². The van der Waals surface area contributed by atoms with Crippen molar-refractivity contribution in [1.82, 2.24) is 26.6 Å². The Bertz CT molecular complexity index is 3150. The van der Waals surface area contributed by atoms with E-state index in [1.54, 1.807) is 60.7 Å². The molecular formula is C63H63N5O12. The number of aliphatic hydroxyl groups is 1. The van der Waals surface area contributed by atoms with Gasteiger partial charge in [-0.1, -0.05) is 164 Å². The van der Waals surface area contributed by atoms with Gasteiger partial charge in [0.25, 0.3) is 0 Å². The predicted octanol–water partition coefficient (Wildman–Crippen LogP) is 7.80. The Morgan fingerprint density at radius 2 is 0.963 bits per heavy atom. The van der Waals surface area contributed by atoms with Crippen LogP contribution < -0.4 is 36.1 Å². The molecule has 0 radical (unpaired) electrons. The summed E-state index contributed by atoms with van der Waals surface area (Å²) < 4.78 is 29.2. The van der Waals surface area contributed by atoms with Crippen molar-refractivity contribution in [3.63, 3.8) is 0 Å². The standard InChI is InChI=1S/C63H63N5O12/c69-52(37-65-62(74)79-41-46-22-12-4-13-23-46)36-55-61(73)66-53(59(71)64-31-30-58(70)78-40-45-20-10-3-11-21-45)34-50-32-48(26-28-56(50)76-38-43-16-6-1-7-17-43)49-27-29-57(77-39-44-18-8-2-9-19-44)51(33-49)35-54(60(72)67-55)68-63(75)80-42-47-24-14-5-15-25-47/h1-29,32-33,52-55,69H,30-31,34-42H2,(H,64,71)(H,65,74)(H,66,73)(H,67,72)(H,68,75)/t52-,53+,54+,55+/m1/s1. The summed E-state index contributed by atoms with van der Waals surface area (Å²) in [5.41, 5.74) is 6.34. The van der Waals surface area contributed by atoms with Crippen molar-refractivity contribution < 1.29 is 57.6 Å². The average molecular weight is 1080 g/mol. The number of alkyl carbamates (subject to hydrolysis) is 2. The van der Waals surface area contributed by atoms with E-state index < -0.39 is 73.1 Å². The summed E-state index contributed by atoms with van der Waals surface area (Å²) in [5, 5.41) is 25.0. The van der Waals surface area contributed by atoms with E-state index in [1.165, 1.54) is 0 Å². The van der Waals surface area contributed by atoms with Crippen molar-refractivity contribution in [1.29, 1.82) is 0 Å². The van der Waals surface area contributed by atoms with E-state index in [2.05, 4.69) is 26.6 Å². The van der Waals surface area contributed by atoms with Crippen molar-refractivity contribution in [2.24, 2.45) is 0 Å². The molecule has 0 saturated heterocycles. The van der Waals surface area contributed by atoms with Gasteiger partial charge in [-0.2, -0.15) is 0 Å². The van der Waals surface area contributed by atoms with Gasteiger partial charge in [-0.15, -0.1) is 0 Å². The number of fused-ring (bicyclic) bond motifs is 5. The van der Waals surface area contributed by atoms with Gasteiger partial charge in [0.1, 0.15) is 62.7 Å². The summed E-state index contributed by atoms with van der Waals surface area (Å²) in [4.78, 5) is 83.8. The van der Waals surface area contributed by atoms with Gasteiger partial charge >= 0.3 is 18.2 Å². The first-order valence-corrected chi connectivity index (χ1v) is 26.3. The first-order valence-electron chi connectivity index (χ1n) is 26.3. The summed E-state index contributed by atoms with van der Waals surface area (Å²) in [6.45, 7) is -0.361. The van der Waals surface area contributed by atoms with E-state index in [0.717, 1.165) is 22.3 Å². The van der Waals surface area contributed by atoms with Gasteiger partial charge in [0.2, 0.25) is 17.7 Å². The molecule has 6 N–H and O–H groups in total. The molecule has 1 aliphatic rings. The van der Waals surface area contributed by atoms with Crippen LogP contribution in [0.25, 0.3) is 11.1 Å². The van der Waals surface area contributed by atoms with E-state index >= 15 is 0 Å². The number of esters is 1. The molecule has 80 heavy (non-hydrogen) atoms. The average Bonchev–Trinajstić information content (AvgIpc) is 3.50. The number of nitrogens with one attached hydrogen (secondary N) is 5. The number of carbonyl (C=O) groups is 6. The zero-order valence-corrected chi connectivity index (χ0v) is 43.9. The fraction of sp³-hybridized carbons (Fsp3) is 0.238. The molecule has 0 fully saturated rings. The Morgan fingerprint density at radius 1 is 0.512 bits per heavy atom. The van der Waals surface area contributed by atoms with Crippen molar-refractivity contribution in [2.75, 3.05) is 13.1 Å². The maximum atomic E-state index is 14.9. The molecule has 0 saturated carbocycles. The largest absolute Gasteiger partial charge is 0.489 e. The second kappa shape index (κ2) is 29.3. The molecule has 0 spiro atoms. The third-order valence-corrected chi connectivity index (χ3v) is 12.9. The SMILES string of the molecule is O=C(CCNC(=O)[C@@H]1Cc2cc(ccc2OCc2ccccc2)-c2ccc(OCc3ccccc3)c(c2)C[C@H](NC(=O)OCc2ccccc2)C(=O)N[C@@H](C[C@@H](O)CNC(=O)OCc2ccccc2)C(=O)N1)OCc1ccccc1. The van der Waals surface area contributed by atoms with Crippen LogP contribution in [0.3, 0.4) is 0 Å². The molecule has 8 rings (SSSR count). The monoisotopic (exact) mass is 1080 g/mol. The number of carbonyl (C=O) groups excluding carboxylic acids is 6. The molecule has 412 valence electrons. The minimum atomic E-state index is -1.60. The third kappa shape index (κ3) is 17.8. The number of hydrogen-bond donors (Lipinski definition) is 6. The number of ether oxygens (including phenoxy) is 5. The van der Waals surface area contributed by atoms with E-state index in [0.29, 0.717) is 39.3 Å². The van der Waals surface area contributed by atoms with Crippen LogP contribution >= 0.6 is 0 Å². The Morgan fingerprint density at radius 3 is 1.46 bits per heavy atom. The highest BCUT2D eigenvalue weighted by molar-refractivity contribution is 5.94. The zero-order chi connectivity index (χ0) is 55.9. The van der Waals surface area contributed by atoms with Gasteiger partial charge < -0.3 is 55.4 Å². The van der Waals surface area contributed by atoms with Gasteiger partial charge in [-0.05, 0) is 74.3 Å². The maximum Gasteiger partial charge on any atom is 0.408 e. The van der Waals surface area contributed by atoms with Gasteiger partial charge in [0.05, 0.1) is 12.5 Å². The van der Waals surface area contributed by atoms with Crippen molar-refractivity contribution in [3.8, 4) is 22.6 Å². The summed E-state index contributed by atoms with van der Waals surface area (Å²) in [6.07, 6.45) is -4.29. The molecule has 4 bridgehead atoms. The molecular weight excluding hydrogens is 1020 g/mol. The molecule has 0 unspecified atom stereocenters. The smallest absolute Gasteiger partial charge is 0.408 e. The lowest BCUT2D eigenvalue weighted by molar-refractivity contribution is -0.145. The third-order valence-electron chi connectivity index (χ3n) is 12.9. The van der Waals surface area contributed by atoms with Gasteiger partial charge in [0.15, 0.2) is 0 Å². The zero-order valence-electron chi connectivity index (χ0n) is 43.9. The van der Waals surface area contributed by atoms with Crippen molar-refractivity contribution in [3.05, 3.63) is 227 Å². The lowest BCUT2D eigenvalue weighted by Crippen LogP contribution is -2.58. The van der Waals surface area contributed by atoms with Crippen LogP contribution in [0.5, 0.6) is 11.5 Å². The number of amides is 5. The Labute approximate surface area is 464 Å². The lowest BCUT2D eigenvalue weighted by atomic mass is 9.95.